The summed E-state index contributed by atoms with van der Waals surface area (Å²) in [5, 5.41) is 2.88. The van der Waals surface area contributed by atoms with Gasteiger partial charge in [0.2, 0.25) is 0 Å². The second kappa shape index (κ2) is 6.42. The van der Waals surface area contributed by atoms with Crippen molar-refractivity contribution in [3.8, 4) is 0 Å². The lowest BCUT2D eigenvalue weighted by Gasteiger charge is -2.22. The van der Waals surface area contributed by atoms with E-state index < -0.39 is 0 Å². The van der Waals surface area contributed by atoms with Gasteiger partial charge in [0.05, 0.1) is 5.38 Å². The van der Waals surface area contributed by atoms with Gasteiger partial charge in [-0.3, -0.25) is 4.79 Å². The van der Waals surface area contributed by atoms with Crippen LogP contribution in [0.15, 0.2) is 18.2 Å². The van der Waals surface area contributed by atoms with Gasteiger partial charge in [-0.05, 0) is 37.3 Å². The van der Waals surface area contributed by atoms with Crippen LogP contribution >= 0.6 is 11.6 Å². The second-order valence-corrected chi connectivity index (χ2v) is 7.01. The summed E-state index contributed by atoms with van der Waals surface area (Å²) in [5.74, 6) is -0.0444. The van der Waals surface area contributed by atoms with Crippen molar-refractivity contribution in [2.24, 2.45) is 5.41 Å². The molecule has 0 bridgehead atoms. The van der Waals surface area contributed by atoms with Gasteiger partial charge in [-0.2, -0.15) is 0 Å². The molecule has 1 rings (SSSR count). The number of halogens is 1. The fourth-order valence-electron chi connectivity index (χ4n) is 2.10. The van der Waals surface area contributed by atoms with Crippen LogP contribution in [0, 0.1) is 19.3 Å². The SMILES string of the molecule is Cc1ccc(C(=O)NCC(Cl)CC(C)(C)C)c(C)c1. The van der Waals surface area contributed by atoms with Gasteiger partial charge in [0.25, 0.3) is 5.91 Å². The molecule has 0 radical (unpaired) electrons. The number of rotatable bonds is 4. The Bertz CT molecular complexity index is 449. The zero-order valence-electron chi connectivity index (χ0n) is 12.5. The number of amides is 1. The molecular formula is C16H24ClNO. The van der Waals surface area contributed by atoms with E-state index in [9.17, 15) is 4.79 Å². The maximum atomic E-state index is 12.1. The van der Waals surface area contributed by atoms with Crippen molar-refractivity contribution in [3.05, 3.63) is 34.9 Å². The lowest BCUT2D eigenvalue weighted by atomic mass is 9.90. The summed E-state index contributed by atoms with van der Waals surface area (Å²) in [5.41, 5.74) is 3.07. The summed E-state index contributed by atoms with van der Waals surface area (Å²) in [6.45, 7) is 10.9. The number of nitrogens with one attached hydrogen (secondary N) is 1. The molecule has 0 fully saturated rings. The van der Waals surface area contributed by atoms with E-state index in [0.29, 0.717) is 6.54 Å². The number of alkyl halides is 1. The van der Waals surface area contributed by atoms with Crippen LogP contribution in [0.25, 0.3) is 0 Å². The smallest absolute Gasteiger partial charge is 0.251 e. The molecule has 1 atom stereocenters. The van der Waals surface area contributed by atoms with Crippen molar-refractivity contribution in [1.82, 2.24) is 5.32 Å². The molecular weight excluding hydrogens is 258 g/mol. The van der Waals surface area contributed by atoms with Crippen molar-refractivity contribution < 1.29 is 4.79 Å². The van der Waals surface area contributed by atoms with Crippen LogP contribution in [0.5, 0.6) is 0 Å². The molecule has 1 aromatic rings. The van der Waals surface area contributed by atoms with Crippen molar-refractivity contribution >= 4 is 17.5 Å². The molecule has 0 saturated carbocycles. The molecule has 1 unspecified atom stereocenters. The van der Waals surface area contributed by atoms with Gasteiger partial charge in [-0.1, -0.05) is 38.5 Å². The minimum Gasteiger partial charge on any atom is -0.351 e. The molecule has 0 aliphatic heterocycles. The number of aryl methyl sites for hydroxylation is 2. The summed E-state index contributed by atoms with van der Waals surface area (Å²) < 4.78 is 0. The van der Waals surface area contributed by atoms with Gasteiger partial charge in [0.15, 0.2) is 0 Å². The molecule has 0 heterocycles. The topological polar surface area (TPSA) is 29.1 Å². The Labute approximate surface area is 121 Å². The maximum absolute atomic E-state index is 12.1. The molecule has 1 aromatic carbocycles. The van der Waals surface area contributed by atoms with Crippen LogP contribution in [-0.4, -0.2) is 17.8 Å². The number of hydrogen-bond donors (Lipinski definition) is 1. The third-order valence-corrected chi connectivity index (χ3v) is 3.25. The minimum absolute atomic E-state index is 0.0327. The van der Waals surface area contributed by atoms with Crippen molar-refractivity contribution in [2.45, 2.75) is 46.4 Å². The first-order chi connectivity index (χ1) is 8.69. The van der Waals surface area contributed by atoms with E-state index in [1.807, 2.05) is 32.0 Å². The zero-order chi connectivity index (χ0) is 14.6. The first kappa shape index (κ1) is 16.0. The second-order valence-electron chi connectivity index (χ2n) is 6.39. The standard InChI is InChI=1S/C16H24ClNO/c1-11-6-7-14(12(2)8-11)15(19)18-10-13(17)9-16(3,4)5/h6-8,13H,9-10H2,1-5H3,(H,18,19). The normalized spacial score (nSPS) is 13.2. The van der Waals surface area contributed by atoms with Crippen LogP contribution < -0.4 is 5.32 Å². The molecule has 3 heteroatoms. The average molecular weight is 282 g/mol. The van der Waals surface area contributed by atoms with Crippen LogP contribution in [0.3, 0.4) is 0 Å². The van der Waals surface area contributed by atoms with Crippen LogP contribution in [0.1, 0.15) is 48.7 Å². The highest BCUT2D eigenvalue weighted by Crippen LogP contribution is 2.23. The maximum Gasteiger partial charge on any atom is 0.251 e. The number of hydrogen-bond acceptors (Lipinski definition) is 1. The van der Waals surface area contributed by atoms with E-state index in [-0.39, 0.29) is 16.7 Å². The van der Waals surface area contributed by atoms with E-state index in [4.69, 9.17) is 11.6 Å². The highest BCUT2D eigenvalue weighted by atomic mass is 35.5. The molecule has 106 valence electrons. The van der Waals surface area contributed by atoms with E-state index in [0.717, 1.165) is 23.1 Å². The van der Waals surface area contributed by atoms with Crippen molar-refractivity contribution in [1.29, 1.82) is 0 Å². The summed E-state index contributed by atoms with van der Waals surface area (Å²) in [7, 11) is 0. The lowest BCUT2D eigenvalue weighted by Crippen LogP contribution is -2.32. The average Bonchev–Trinajstić information content (AvgIpc) is 2.23. The third kappa shape index (κ3) is 5.65. The van der Waals surface area contributed by atoms with Gasteiger partial charge in [0.1, 0.15) is 0 Å². The Kier molecular flexibility index (Phi) is 5.42. The highest BCUT2D eigenvalue weighted by Gasteiger charge is 2.18. The van der Waals surface area contributed by atoms with Gasteiger partial charge >= 0.3 is 0 Å². The molecule has 0 aliphatic rings. The molecule has 0 saturated heterocycles. The highest BCUT2D eigenvalue weighted by molar-refractivity contribution is 6.21. The van der Waals surface area contributed by atoms with E-state index >= 15 is 0 Å². The van der Waals surface area contributed by atoms with Gasteiger partial charge in [-0.25, -0.2) is 0 Å². The summed E-state index contributed by atoms with van der Waals surface area (Å²) in [6.07, 6.45) is 0.877. The molecule has 0 aliphatic carbocycles. The fraction of sp³-hybridized carbons (Fsp3) is 0.562. The quantitative estimate of drug-likeness (QED) is 0.828. The van der Waals surface area contributed by atoms with Gasteiger partial charge in [0, 0.05) is 12.1 Å². The van der Waals surface area contributed by atoms with Crippen LogP contribution in [-0.2, 0) is 0 Å². The summed E-state index contributed by atoms with van der Waals surface area (Å²) in [4.78, 5) is 12.1. The van der Waals surface area contributed by atoms with E-state index in [1.54, 1.807) is 0 Å². The Morgan fingerprint density at radius 3 is 2.47 bits per heavy atom. The Balaban J connectivity index is 2.56. The molecule has 1 N–H and O–H groups in total. The predicted octanol–water partition coefficient (Wildman–Crippen LogP) is 4.08. The fourth-order valence-corrected chi connectivity index (χ4v) is 2.64. The minimum atomic E-state index is -0.0444. The van der Waals surface area contributed by atoms with Crippen LogP contribution in [0.2, 0.25) is 0 Å². The Hall–Kier alpha value is -1.02. The van der Waals surface area contributed by atoms with E-state index in [1.165, 1.54) is 0 Å². The van der Waals surface area contributed by atoms with E-state index in [2.05, 4.69) is 26.1 Å². The molecule has 2 nitrogen and oxygen atoms in total. The van der Waals surface area contributed by atoms with Crippen LogP contribution in [0.4, 0.5) is 0 Å². The number of benzene rings is 1. The molecule has 1 amide bonds. The van der Waals surface area contributed by atoms with Gasteiger partial charge in [-0.15, -0.1) is 11.6 Å². The lowest BCUT2D eigenvalue weighted by molar-refractivity contribution is 0.0951. The Morgan fingerprint density at radius 1 is 1.32 bits per heavy atom. The zero-order valence-corrected chi connectivity index (χ0v) is 13.3. The monoisotopic (exact) mass is 281 g/mol. The summed E-state index contributed by atoms with van der Waals surface area (Å²) >= 11 is 6.25. The largest absolute Gasteiger partial charge is 0.351 e. The Morgan fingerprint density at radius 2 is 1.95 bits per heavy atom. The first-order valence-corrected chi connectivity index (χ1v) is 7.12. The van der Waals surface area contributed by atoms with Crippen molar-refractivity contribution in [2.75, 3.05) is 6.54 Å². The molecule has 19 heavy (non-hydrogen) atoms. The predicted molar refractivity (Wildman–Crippen MR) is 82.0 cm³/mol. The number of carbonyl (C=O) groups is 1. The van der Waals surface area contributed by atoms with Crippen molar-refractivity contribution in [3.63, 3.8) is 0 Å². The first-order valence-electron chi connectivity index (χ1n) is 6.68. The third-order valence-electron chi connectivity index (χ3n) is 2.94. The molecule has 0 aromatic heterocycles. The van der Waals surface area contributed by atoms with Gasteiger partial charge < -0.3 is 5.32 Å². The summed E-state index contributed by atoms with van der Waals surface area (Å²) in [6, 6.07) is 5.84. The molecule has 0 spiro atoms. The number of carbonyl (C=O) groups excluding carboxylic acids is 1.